The number of Topliss-reactive ketones (excluding diaryl/α,β-unsaturated/α-hetero) is 1. The van der Waals surface area contributed by atoms with Crippen molar-refractivity contribution < 1.29 is 33.0 Å². The van der Waals surface area contributed by atoms with Crippen LogP contribution in [-0.4, -0.2) is 65.5 Å². The summed E-state index contributed by atoms with van der Waals surface area (Å²) in [6, 6.07) is 0. The Balaban J connectivity index is 3.56. The number of methoxy groups -OCH3 is 2. The van der Waals surface area contributed by atoms with Crippen molar-refractivity contribution in [3.63, 3.8) is 0 Å². The summed E-state index contributed by atoms with van der Waals surface area (Å²) in [6.45, 7) is 21.1. The first-order valence-electron chi connectivity index (χ1n) is 12.5. The van der Waals surface area contributed by atoms with Crippen molar-refractivity contribution in [2.45, 2.75) is 103 Å². The highest BCUT2D eigenvalue weighted by Gasteiger charge is 2.44. The number of ether oxygens (including phenoxy) is 4. The van der Waals surface area contributed by atoms with Gasteiger partial charge in [-0.05, 0) is 25.1 Å². The fourth-order valence-electron chi connectivity index (χ4n) is 4.10. The lowest BCUT2D eigenvalue weighted by Gasteiger charge is -2.45. The summed E-state index contributed by atoms with van der Waals surface area (Å²) in [5, 5.41) is -0.000504. The van der Waals surface area contributed by atoms with Gasteiger partial charge >= 0.3 is 5.97 Å². The molecule has 35 heavy (non-hydrogen) atoms. The van der Waals surface area contributed by atoms with Crippen molar-refractivity contribution in [3.8, 4) is 0 Å². The molecule has 1 aliphatic rings. The number of esters is 1. The molecule has 1 aliphatic heterocycles. The minimum Gasteiger partial charge on any atom is -0.457 e. The van der Waals surface area contributed by atoms with Gasteiger partial charge in [0.25, 0.3) is 0 Å². The van der Waals surface area contributed by atoms with Gasteiger partial charge in [-0.2, -0.15) is 0 Å². The number of hydrogen-bond donors (Lipinski definition) is 0. The van der Waals surface area contributed by atoms with Gasteiger partial charge in [0.2, 0.25) is 0 Å². The molecule has 0 bridgehead atoms. The van der Waals surface area contributed by atoms with Crippen molar-refractivity contribution >= 4 is 20.1 Å². The predicted molar refractivity (Wildman–Crippen MR) is 141 cm³/mol. The maximum atomic E-state index is 12.9. The van der Waals surface area contributed by atoms with E-state index in [1.807, 2.05) is 13.8 Å². The molecule has 1 rings (SSSR count). The molecule has 202 valence electrons. The van der Waals surface area contributed by atoms with E-state index in [1.165, 1.54) is 0 Å². The van der Waals surface area contributed by atoms with E-state index in [2.05, 4.69) is 53.4 Å². The predicted octanol–water partition coefficient (Wildman–Crippen LogP) is 5.45. The van der Waals surface area contributed by atoms with Crippen LogP contribution < -0.4 is 0 Å². The topological polar surface area (TPSA) is 80.3 Å². The second-order valence-electron chi connectivity index (χ2n) is 11.3. The summed E-state index contributed by atoms with van der Waals surface area (Å²) in [6.07, 6.45) is 2.41. The lowest BCUT2D eigenvalue weighted by molar-refractivity contribution is -0.151. The molecular formula is C27H48O7Si. The molecule has 0 spiro atoms. The smallest absolute Gasteiger partial charge is 0.313 e. The summed E-state index contributed by atoms with van der Waals surface area (Å²) in [7, 11) is 1.05. The Kier molecular flexibility index (Phi) is 12.5. The molecule has 8 heteroatoms. The van der Waals surface area contributed by atoms with Crippen molar-refractivity contribution in [3.05, 3.63) is 24.3 Å². The molecule has 0 radical (unpaired) electrons. The third kappa shape index (κ3) is 9.57. The first kappa shape index (κ1) is 31.7. The van der Waals surface area contributed by atoms with Gasteiger partial charge in [-0.3, -0.25) is 9.59 Å². The maximum absolute atomic E-state index is 12.9. The molecule has 0 amide bonds. The molecule has 6 atom stereocenters. The molecule has 0 aromatic rings. The summed E-state index contributed by atoms with van der Waals surface area (Å²) < 4.78 is 29.6. The Labute approximate surface area is 213 Å². The van der Waals surface area contributed by atoms with Gasteiger partial charge in [0.1, 0.15) is 25.1 Å². The van der Waals surface area contributed by atoms with Gasteiger partial charge in [-0.1, -0.05) is 58.9 Å². The first-order valence-corrected chi connectivity index (χ1v) is 15.4. The zero-order chi connectivity index (χ0) is 27.0. The number of rotatable bonds is 7. The highest BCUT2D eigenvalue weighted by Crippen LogP contribution is 2.41. The largest absolute Gasteiger partial charge is 0.457 e. The molecule has 7 nitrogen and oxygen atoms in total. The molecule has 1 heterocycles. The Bertz CT molecular complexity index is 740. The fourth-order valence-corrected chi connectivity index (χ4v) is 5.57. The molecule has 0 aromatic carbocycles. The third-order valence-electron chi connectivity index (χ3n) is 7.34. The molecule has 0 aromatic heterocycles. The van der Waals surface area contributed by atoms with E-state index in [0.29, 0.717) is 6.42 Å². The van der Waals surface area contributed by atoms with Crippen molar-refractivity contribution in [2.24, 2.45) is 11.8 Å². The van der Waals surface area contributed by atoms with Crippen molar-refractivity contribution in [1.29, 1.82) is 0 Å². The zero-order valence-electron chi connectivity index (χ0n) is 23.5. The zero-order valence-corrected chi connectivity index (χ0v) is 24.5. The number of carbonyl (C=O) groups excluding carboxylic acids is 2. The second kappa shape index (κ2) is 13.8. The van der Waals surface area contributed by atoms with E-state index < -0.39 is 26.5 Å². The summed E-state index contributed by atoms with van der Waals surface area (Å²) >= 11 is 0. The van der Waals surface area contributed by atoms with Crippen molar-refractivity contribution in [2.75, 3.05) is 21.0 Å². The summed E-state index contributed by atoms with van der Waals surface area (Å²) in [5.41, 5.74) is 1.01. The van der Waals surface area contributed by atoms with Crippen LogP contribution >= 0.6 is 0 Å². The van der Waals surface area contributed by atoms with Crippen LogP contribution in [0.4, 0.5) is 0 Å². The van der Waals surface area contributed by atoms with Crippen LogP contribution in [0, 0.1) is 11.8 Å². The van der Waals surface area contributed by atoms with Crippen molar-refractivity contribution in [1.82, 2.24) is 0 Å². The quantitative estimate of drug-likeness (QED) is 0.147. The Morgan fingerprint density at radius 1 is 1.14 bits per heavy atom. The van der Waals surface area contributed by atoms with Gasteiger partial charge in [0, 0.05) is 38.9 Å². The SMILES string of the molecule is C=C[C@H]1C/C(C)=C/[C@@H](OC)[C@@H](C)[C@H](O[Si](C)(C)C(C)(C)C)[C@H](C)[C@@H](OCOC)CC(=O)CC(=O)O1. The first-order chi connectivity index (χ1) is 16.2. The van der Waals surface area contributed by atoms with Gasteiger partial charge in [0.05, 0.1) is 18.3 Å². The standard InChI is InChI=1S/C27H48O7Si/c1-12-22-13-18(2)14-23(31-9)19(3)26(34-35(10,11)27(5,6)7)20(4)24(32-17-30-8)15-21(28)16-25(29)33-22/h12,14,19-20,22-24,26H,1,13,15-17H2,2-11H3/b18-14+/t19-,20-,22+,23-,24+,26+/m1/s1. The molecule has 0 saturated carbocycles. The molecular weight excluding hydrogens is 464 g/mol. The maximum Gasteiger partial charge on any atom is 0.313 e. The van der Waals surface area contributed by atoms with E-state index in [1.54, 1.807) is 20.3 Å². The molecule has 0 N–H and O–H groups in total. The van der Waals surface area contributed by atoms with E-state index in [9.17, 15) is 9.59 Å². The number of hydrogen-bond acceptors (Lipinski definition) is 7. The lowest BCUT2D eigenvalue weighted by atomic mass is 9.83. The van der Waals surface area contributed by atoms with E-state index in [0.717, 1.165) is 5.57 Å². The number of carbonyl (C=O) groups is 2. The van der Waals surface area contributed by atoms with Gasteiger partial charge in [-0.25, -0.2) is 0 Å². The van der Waals surface area contributed by atoms with Gasteiger partial charge in [-0.15, -0.1) is 0 Å². The van der Waals surface area contributed by atoms with E-state index >= 15 is 0 Å². The van der Waals surface area contributed by atoms with Crippen LogP contribution in [0.5, 0.6) is 0 Å². The van der Waals surface area contributed by atoms with Crippen LogP contribution in [0.2, 0.25) is 18.1 Å². The van der Waals surface area contributed by atoms with Gasteiger partial charge < -0.3 is 23.4 Å². The van der Waals surface area contributed by atoms with Crippen LogP contribution in [0.3, 0.4) is 0 Å². The average molecular weight is 513 g/mol. The summed E-state index contributed by atoms with van der Waals surface area (Å²) in [5.74, 6) is -0.995. The molecule has 0 fully saturated rings. The average Bonchev–Trinajstić information content (AvgIpc) is 2.75. The van der Waals surface area contributed by atoms with Crippen LogP contribution in [0.25, 0.3) is 0 Å². The molecule has 0 saturated heterocycles. The minimum absolute atomic E-state index is 0.000504. The van der Waals surface area contributed by atoms with Crippen LogP contribution in [0.1, 0.15) is 60.8 Å². The highest BCUT2D eigenvalue weighted by atomic mass is 28.4. The summed E-state index contributed by atoms with van der Waals surface area (Å²) in [4.78, 5) is 25.3. The van der Waals surface area contributed by atoms with Crippen LogP contribution in [-0.2, 0) is 33.0 Å². The number of cyclic esters (lactones) is 1. The minimum atomic E-state index is -2.18. The Morgan fingerprint density at radius 2 is 1.77 bits per heavy atom. The second-order valence-corrected chi connectivity index (χ2v) is 16.0. The fraction of sp³-hybridized carbons (Fsp3) is 0.778. The Hall–Kier alpha value is -1.32. The molecule has 0 aliphatic carbocycles. The number of ketones is 1. The normalized spacial score (nSPS) is 31.8. The lowest BCUT2D eigenvalue weighted by Crippen LogP contribution is -2.51. The van der Waals surface area contributed by atoms with Gasteiger partial charge in [0.15, 0.2) is 8.32 Å². The van der Waals surface area contributed by atoms with E-state index in [4.69, 9.17) is 23.4 Å². The van der Waals surface area contributed by atoms with Crippen LogP contribution in [0.15, 0.2) is 24.3 Å². The van der Waals surface area contributed by atoms with E-state index in [-0.39, 0.29) is 54.5 Å². The monoisotopic (exact) mass is 512 g/mol. The highest BCUT2D eigenvalue weighted by molar-refractivity contribution is 6.74. The Morgan fingerprint density at radius 3 is 2.29 bits per heavy atom. The molecule has 0 unspecified atom stereocenters. The third-order valence-corrected chi connectivity index (χ3v) is 11.8.